The van der Waals surface area contributed by atoms with Gasteiger partial charge in [0.2, 0.25) is 0 Å². The molecule has 5 aromatic carbocycles. The van der Waals surface area contributed by atoms with Gasteiger partial charge in [0.15, 0.2) is 0 Å². The third-order valence-electron chi connectivity index (χ3n) is 11.9. The molecule has 1 aromatic heterocycles. The van der Waals surface area contributed by atoms with Crippen molar-refractivity contribution in [1.82, 2.24) is 4.98 Å². The fourth-order valence-corrected chi connectivity index (χ4v) is 9.41. The average Bonchev–Trinajstić information content (AvgIpc) is 3.89. The maximum Gasteiger partial charge on any atom is 0.137 e. The molecule has 52 heavy (non-hydrogen) atoms. The Bertz CT molecular complexity index is 2320. The van der Waals surface area contributed by atoms with E-state index in [1.807, 2.05) is 6.20 Å². The number of pyridine rings is 1. The van der Waals surface area contributed by atoms with Crippen LogP contribution in [-0.2, 0) is 5.41 Å². The average molecular weight is 681 g/mol. The lowest BCUT2D eigenvalue weighted by Gasteiger charge is -2.33. The highest BCUT2D eigenvalue weighted by atomic mass is 16.5. The normalized spacial score (nSPS) is 19.9. The van der Waals surface area contributed by atoms with Gasteiger partial charge in [0.05, 0.1) is 29.4 Å². The Balaban J connectivity index is 1.04. The van der Waals surface area contributed by atoms with Crippen molar-refractivity contribution in [3.05, 3.63) is 139 Å². The molecular weight excluding hydrogens is 637 g/mol. The summed E-state index contributed by atoms with van der Waals surface area (Å²) in [5, 5.41) is 0. The van der Waals surface area contributed by atoms with E-state index in [9.17, 15) is 0 Å². The summed E-state index contributed by atoms with van der Waals surface area (Å²) in [6.07, 6.45) is 7.47. The fraction of sp³-hybridized carbons (Fsp3) is 0.255. The molecule has 2 fully saturated rings. The number of para-hydroxylation sites is 3. The monoisotopic (exact) mass is 680 g/mol. The number of anilines is 6. The van der Waals surface area contributed by atoms with Crippen molar-refractivity contribution in [2.75, 3.05) is 21.4 Å². The lowest BCUT2D eigenvalue weighted by atomic mass is 9.87. The molecule has 4 aliphatic rings. The highest BCUT2D eigenvalue weighted by Gasteiger charge is 2.45. The predicted octanol–water partition coefficient (Wildman–Crippen LogP) is 12.4. The molecule has 3 unspecified atom stereocenters. The number of benzene rings is 5. The Kier molecular flexibility index (Phi) is 7.21. The molecule has 5 nitrogen and oxygen atoms in total. The number of hydrogen-bond donors (Lipinski definition) is 0. The number of ether oxygens (including phenoxy) is 1. The van der Waals surface area contributed by atoms with E-state index in [1.165, 1.54) is 59.3 Å². The van der Waals surface area contributed by atoms with Gasteiger partial charge in [-0.2, -0.15) is 0 Å². The summed E-state index contributed by atoms with van der Waals surface area (Å²) < 4.78 is 6.79. The Morgan fingerprint density at radius 3 is 2.08 bits per heavy atom. The van der Waals surface area contributed by atoms with Gasteiger partial charge in [-0.15, -0.1) is 0 Å². The van der Waals surface area contributed by atoms with Crippen LogP contribution in [-0.4, -0.2) is 17.7 Å². The second-order valence-corrected chi connectivity index (χ2v) is 16.1. The van der Waals surface area contributed by atoms with E-state index in [2.05, 4.69) is 163 Å². The molecule has 0 spiro atoms. The van der Waals surface area contributed by atoms with Gasteiger partial charge in [-0.1, -0.05) is 87.9 Å². The van der Waals surface area contributed by atoms with Gasteiger partial charge in [0.1, 0.15) is 17.3 Å². The van der Waals surface area contributed by atoms with Crippen LogP contribution >= 0.6 is 0 Å². The minimum Gasteiger partial charge on any atom is -0.457 e. The van der Waals surface area contributed by atoms with E-state index in [-0.39, 0.29) is 5.41 Å². The summed E-state index contributed by atoms with van der Waals surface area (Å²) in [6, 6.07) is 46.4. The van der Waals surface area contributed by atoms with Crippen molar-refractivity contribution in [1.29, 1.82) is 0 Å². The van der Waals surface area contributed by atoms with Crippen molar-refractivity contribution >= 4 is 34.3 Å². The molecular formula is C47H44N4O. The van der Waals surface area contributed by atoms with Crippen LogP contribution < -0.4 is 19.4 Å². The number of rotatable bonds is 5. The Morgan fingerprint density at radius 2 is 1.33 bits per heavy atom. The zero-order chi connectivity index (χ0) is 35.0. The van der Waals surface area contributed by atoms with E-state index in [0.717, 1.165) is 58.4 Å². The Labute approximate surface area is 307 Å². The van der Waals surface area contributed by atoms with Crippen LogP contribution in [0.15, 0.2) is 134 Å². The second-order valence-electron chi connectivity index (χ2n) is 16.1. The highest BCUT2D eigenvalue weighted by Crippen LogP contribution is 2.53. The molecule has 0 saturated heterocycles. The highest BCUT2D eigenvalue weighted by molar-refractivity contribution is 6.02. The first kappa shape index (κ1) is 31.2. The van der Waals surface area contributed by atoms with E-state index >= 15 is 0 Å². The predicted molar refractivity (Wildman–Crippen MR) is 214 cm³/mol. The molecule has 6 aromatic rings. The summed E-state index contributed by atoms with van der Waals surface area (Å²) in [4.78, 5) is 12.5. The van der Waals surface area contributed by atoms with Gasteiger partial charge in [-0.3, -0.25) is 4.90 Å². The van der Waals surface area contributed by atoms with Gasteiger partial charge in [0, 0.05) is 41.2 Å². The Hall–Kier alpha value is -5.55. The van der Waals surface area contributed by atoms with Crippen LogP contribution in [0.3, 0.4) is 0 Å². The van der Waals surface area contributed by atoms with Gasteiger partial charge < -0.3 is 14.5 Å². The van der Waals surface area contributed by atoms with Crippen molar-refractivity contribution in [2.45, 2.75) is 57.9 Å². The van der Waals surface area contributed by atoms with Gasteiger partial charge in [-0.05, 0) is 108 Å². The van der Waals surface area contributed by atoms with E-state index in [4.69, 9.17) is 9.72 Å². The number of hydrogen-bond acceptors (Lipinski definition) is 5. The first-order valence-electron chi connectivity index (χ1n) is 18.9. The van der Waals surface area contributed by atoms with E-state index in [0.29, 0.717) is 6.04 Å². The minimum absolute atomic E-state index is 0.0194. The summed E-state index contributed by atoms with van der Waals surface area (Å²) in [5.74, 6) is 4.23. The van der Waals surface area contributed by atoms with Crippen LogP contribution in [0, 0.1) is 11.8 Å². The summed E-state index contributed by atoms with van der Waals surface area (Å²) >= 11 is 0. The zero-order valence-corrected chi connectivity index (χ0v) is 30.2. The molecule has 2 aliphatic heterocycles. The first-order valence-corrected chi connectivity index (χ1v) is 18.9. The number of fused-ring (bicyclic) bond motifs is 8. The minimum atomic E-state index is -0.0194. The van der Waals surface area contributed by atoms with Crippen molar-refractivity contribution in [3.63, 3.8) is 0 Å². The standard InChI is InChI=1S/C47H44N4O/c1-47(2,3)33-23-24-48-46(27-33)51-41-16-7-6-15-39(41)37-13-4-5-14-38(37)40-22-21-36(29-45(40)51)52-35-12-10-11-34(28-35)49-30-50(43-18-9-8-17-42(43)49)44-26-31-19-20-32(44)25-31/h4-18,21-24,27-29,31-32,44H,19-20,25-26,30H2,1-3H3. The fourth-order valence-electron chi connectivity index (χ4n) is 9.41. The maximum atomic E-state index is 6.79. The smallest absolute Gasteiger partial charge is 0.137 e. The molecule has 0 radical (unpaired) electrons. The molecule has 2 bridgehead atoms. The summed E-state index contributed by atoms with van der Waals surface area (Å²) in [7, 11) is 0. The SMILES string of the molecule is CC(C)(C)c1ccnc(N2c3ccccc3-c3ccccc3-c3ccc(Oc4cccc(N5CN(C6CC7CCC6C7)c6ccccc65)c4)cc32)c1. The third-order valence-corrected chi connectivity index (χ3v) is 11.9. The van der Waals surface area contributed by atoms with Crippen molar-refractivity contribution in [2.24, 2.45) is 11.8 Å². The quantitative estimate of drug-likeness (QED) is 0.181. The molecule has 2 aliphatic carbocycles. The second kappa shape index (κ2) is 12.0. The van der Waals surface area contributed by atoms with Gasteiger partial charge in [0.25, 0.3) is 0 Å². The molecule has 5 heteroatoms. The molecule has 0 N–H and O–H groups in total. The van der Waals surface area contributed by atoms with Crippen LogP contribution in [0.2, 0.25) is 0 Å². The van der Waals surface area contributed by atoms with Crippen molar-refractivity contribution in [3.8, 4) is 33.8 Å². The lowest BCUT2D eigenvalue weighted by Crippen LogP contribution is -2.40. The molecule has 258 valence electrons. The Morgan fingerprint density at radius 1 is 0.615 bits per heavy atom. The molecule has 2 saturated carbocycles. The van der Waals surface area contributed by atoms with Gasteiger partial charge in [-0.25, -0.2) is 4.98 Å². The molecule has 0 amide bonds. The maximum absolute atomic E-state index is 6.79. The zero-order valence-electron chi connectivity index (χ0n) is 30.2. The van der Waals surface area contributed by atoms with Crippen LogP contribution in [0.4, 0.5) is 34.3 Å². The topological polar surface area (TPSA) is 31.8 Å². The number of nitrogens with zero attached hydrogens (tertiary/aromatic N) is 4. The van der Waals surface area contributed by atoms with Crippen LogP contribution in [0.5, 0.6) is 11.5 Å². The molecule has 10 rings (SSSR count). The van der Waals surface area contributed by atoms with Gasteiger partial charge >= 0.3 is 0 Å². The van der Waals surface area contributed by atoms with E-state index < -0.39 is 0 Å². The largest absolute Gasteiger partial charge is 0.457 e. The van der Waals surface area contributed by atoms with Crippen LogP contribution in [0.25, 0.3) is 22.3 Å². The van der Waals surface area contributed by atoms with E-state index in [1.54, 1.807) is 0 Å². The summed E-state index contributed by atoms with van der Waals surface area (Å²) in [6.45, 7) is 7.64. The summed E-state index contributed by atoms with van der Waals surface area (Å²) in [5.41, 5.74) is 11.9. The van der Waals surface area contributed by atoms with Crippen molar-refractivity contribution < 1.29 is 4.74 Å². The molecule has 3 atom stereocenters. The third kappa shape index (κ3) is 5.17. The lowest BCUT2D eigenvalue weighted by molar-refractivity contribution is 0.398. The first-order chi connectivity index (χ1) is 25.4. The molecule has 3 heterocycles. The number of aromatic nitrogens is 1. The van der Waals surface area contributed by atoms with Crippen LogP contribution in [0.1, 0.15) is 52.0 Å².